The van der Waals surface area contributed by atoms with Gasteiger partial charge in [-0.25, -0.2) is 4.79 Å². The van der Waals surface area contributed by atoms with E-state index < -0.39 is 0 Å². The summed E-state index contributed by atoms with van der Waals surface area (Å²) >= 11 is 0. The van der Waals surface area contributed by atoms with Gasteiger partial charge in [-0.05, 0) is 80.1 Å². The highest BCUT2D eigenvalue weighted by atomic mass is 16.5. The Morgan fingerprint density at radius 2 is 1.63 bits per heavy atom. The molecule has 0 heterocycles. The highest BCUT2D eigenvalue weighted by Crippen LogP contribution is 2.32. The molecule has 2 aliphatic carbocycles. The number of ether oxygens (including phenoxy) is 1. The lowest BCUT2D eigenvalue weighted by atomic mass is 9.84. The Bertz CT molecular complexity index is 664. The number of hydrogen-bond acceptors (Lipinski definition) is 2. The molecular weight excluding hydrogens is 368 g/mol. The van der Waals surface area contributed by atoms with Crippen LogP contribution in [0.25, 0.3) is 5.57 Å². The van der Waals surface area contributed by atoms with Crippen LogP contribution in [-0.4, -0.2) is 12.1 Å². The average molecular weight is 411 g/mol. The van der Waals surface area contributed by atoms with E-state index in [1.807, 2.05) is 12.1 Å². The predicted molar refractivity (Wildman–Crippen MR) is 127 cm³/mol. The summed E-state index contributed by atoms with van der Waals surface area (Å²) in [4.78, 5) is 12.6. The molecule has 1 fully saturated rings. The number of benzene rings is 1. The first-order valence-corrected chi connectivity index (χ1v) is 12.7. The van der Waals surface area contributed by atoms with Gasteiger partial charge in [-0.1, -0.05) is 77.0 Å². The van der Waals surface area contributed by atoms with Gasteiger partial charge in [-0.15, -0.1) is 0 Å². The van der Waals surface area contributed by atoms with Crippen LogP contribution in [0.3, 0.4) is 0 Å². The van der Waals surface area contributed by atoms with Crippen LogP contribution in [0.1, 0.15) is 120 Å². The summed E-state index contributed by atoms with van der Waals surface area (Å²) in [7, 11) is 0. The summed E-state index contributed by atoms with van der Waals surface area (Å²) in [6, 6.07) is 8.10. The molecule has 0 radical (unpaired) electrons. The first-order chi connectivity index (χ1) is 14.7. The normalized spacial score (nSPS) is 24.3. The summed E-state index contributed by atoms with van der Waals surface area (Å²) in [5.41, 5.74) is 3.40. The van der Waals surface area contributed by atoms with E-state index in [0.717, 1.165) is 31.1 Å². The van der Waals surface area contributed by atoms with Gasteiger partial charge < -0.3 is 4.74 Å². The predicted octanol–water partition coefficient (Wildman–Crippen LogP) is 8.36. The molecule has 0 bridgehead atoms. The molecule has 0 aliphatic heterocycles. The van der Waals surface area contributed by atoms with Crippen LogP contribution in [-0.2, 0) is 4.74 Å². The minimum Gasteiger partial charge on any atom is -0.459 e. The Labute approximate surface area is 184 Å². The monoisotopic (exact) mass is 410 g/mol. The summed E-state index contributed by atoms with van der Waals surface area (Å²) in [5, 5.41) is 0. The fourth-order valence-corrected chi connectivity index (χ4v) is 5.14. The second-order valence-corrected chi connectivity index (χ2v) is 9.61. The van der Waals surface area contributed by atoms with E-state index in [0.29, 0.717) is 5.56 Å². The number of allylic oxidation sites excluding steroid dienone is 2. The van der Waals surface area contributed by atoms with Crippen LogP contribution in [0.5, 0.6) is 0 Å². The van der Waals surface area contributed by atoms with Crippen molar-refractivity contribution in [2.75, 3.05) is 0 Å². The van der Waals surface area contributed by atoms with Crippen molar-refractivity contribution in [2.24, 2.45) is 11.8 Å². The molecule has 0 amide bonds. The number of esters is 1. The van der Waals surface area contributed by atoms with Crippen LogP contribution in [0.4, 0.5) is 0 Å². The zero-order valence-electron chi connectivity index (χ0n) is 19.3. The molecule has 2 aliphatic rings. The fraction of sp³-hybridized carbons (Fsp3) is 0.679. The zero-order valence-corrected chi connectivity index (χ0v) is 19.3. The third-order valence-electron chi connectivity index (χ3n) is 7.37. The van der Waals surface area contributed by atoms with Gasteiger partial charge in [0.1, 0.15) is 6.10 Å². The van der Waals surface area contributed by atoms with Crippen molar-refractivity contribution in [1.82, 2.24) is 0 Å². The highest BCUT2D eigenvalue weighted by molar-refractivity contribution is 5.90. The zero-order chi connectivity index (χ0) is 21.2. The number of unbranched alkanes of at least 4 members (excludes halogenated alkanes) is 4. The van der Waals surface area contributed by atoms with Crippen molar-refractivity contribution in [3.63, 3.8) is 0 Å². The molecule has 166 valence electrons. The summed E-state index contributed by atoms with van der Waals surface area (Å²) in [6.07, 6.45) is 20.1. The molecule has 3 rings (SSSR count). The minimum atomic E-state index is -0.145. The van der Waals surface area contributed by atoms with Crippen LogP contribution in [0, 0.1) is 11.8 Å². The van der Waals surface area contributed by atoms with E-state index in [1.165, 1.54) is 81.8 Å². The van der Waals surface area contributed by atoms with Gasteiger partial charge in [-0.3, -0.25) is 0 Å². The molecule has 1 unspecified atom stereocenters. The average Bonchev–Trinajstić information content (AvgIpc) is 2.80. The quantitative estimate of drug-likeness (QED) is 0.286. The standard InChI is InChI=1S/C28H42O2/c1-3-5-6-7-8-9-23-12-20-27(21-13-23)30-28(29)26-18-16-25(17-19-26)24-14-10-22(4-2)11-15-24/h14,16-19,22-23,27H,3-13,15,20-21H2,1-2H3/t22?,23-,27-. The van der Waals surface area contributed by atoms with Crippen molar-refractivity contribution in [3.05, 3.63) is 41.5 Å². The van der Waals surface area contributed by atoms with E-state index in [-0.39, 0.29) is 12.1 Å². The van der Waals surface area contributed by atoms with E-state index >= 15 is 0 Å². The lowest BCUT2D eigenvalue weighted by Crippen LogP contribution is -2.24. The van der Waals surface area contributed by atoms with Gasteiger partial charge >= 0.3 is 5.97 Å². The highest BCUT2D eigenvalue weighted by Gasteiger charge is 2.24. The lowest BCUT2D eigenvalue weighted by molar-refractivity contribution is 0.0161. The topological polar surface area (TPSA) is 26.3 Å². The van der Waals surface area contributed by atoms with Crippen LogP contribution < -0.4 is 0 Å². The minimum absolute atomic E-state index is 0.112. The van der Waals surface area contributed by atoms with E-state index in [2.05, 4.69) is 32.1 Å². The largest absolute Gasteiger partial charge is 0.459 e. The maximum atomic E-state index is 12.6. The number of rotatable bonds is 10. The Kier molecular flexibility index (Phi) is 9.49. The molecule has 2 heteroatoms. The number of carbonyl (C=O) groups excluding carboxylic acids is 1. The van der Waals surface area contributed by atoms with Crippen molar-refractivity contribution in [2.45, 2.75) is 110 Å². The molecule has 0 N–H and O–H groups in total. The Balaban J connectivity index is 1.40. The molecule has 0 aromatic heterocycles. The van der Waals surface area contributed by atoms with Crippen molar-refractivity contribution < 1.29 is 9.53 Å². The summed E-state index contributed by atoms with van der Waals surface area (Å²) in [6.45, 7) is 4.55. The van der Waals surface area contributed by atoms with Crippen LogP contribution >= 0.6 is 0 Å². The third-order valence-corrected chi connectivity index (χ3v) is 7.37. The van der Waals surface area contributed by atoms with Crippen molar-refractivity contribution >= 4 is 11.5 Å². The Morgan fingerprint density at radius 1 is 0.900 bits per heavy atom. The first-order valence-electron chi connectivity index (χ1n) is 12.7. The molecule has 1 atom stereocenters. The van der Waals surface area contributed by atoms with Gasteiger partial charge in [-0.2, -0.15) is 0 Å². The van der Waals surface area contributed by atoms with E-state index in [1.54, 1.807) is 0 Å². The third kappa shape index (κ3) is 7.00. The fourth-order valence-electron chi connectivity index (χ4n) is 5.14. The van der Waals surface area contributed by atoms with Gasteiger partial charge in [0.2, 0.25) is 0 Å². The molecule has 1 aromatic rings. The van der Waals surface area contributed by atoms with Gasteiger partial charge in [0.15, 0.2) is 0 Å². The second-order valence-electron chi connectivity index (χ2n) is 9.61. The smallest absolute Gasteiger partial charge is 0.338 e. The van der Waals surface area contributed by atoms with Gasteiger partial charge in [0.05, 0.1) is 5.56 Å². The first kappa shape index (κ1) is 23.1. The SMILES string of the molecule is CCCCCCC[C@H]1CC[C@H](OC(=O)c2ccc(C3=CCC(CC)CC3)cc2)CC1. The van der Waals surface area contributed by atoms with Crippen LogP contribution in [0.15, 0.2) is 30.3 Å². The van der Waals surface area contributed by atoms with Crippen molar-refractivity contribution in [3.8, 4) is 0 Å². The maximum Gasteiger partial charge on any atom is 0.338 e. The molecule has 2 nitrogen and oxygen atoms in total. The molecule has 1 saturated carbocycles. The summed E-state index contributed by atoms with van der Waals surface area (Å²) < 4.78 is 5.84. The summed E-state index contributed by atoms with van der Waals surface area (Å²) in [5.74, 6) is 1.55. The molecular formula is C28H42O2. The molecule has 0 saturated heterocycles. The Morgan fingerprint density at radius 3 is 2.27 bits per heavy atom. The lowest BCUT2D eigenvalue weighted by Gasteiger charge is -2.28. The molecule has 0 spiro atoms. The molecule has 1 aromatic carbocycles. The van der Waals surface area contributed by atoms with E-state index in [9.17, 15) is 4.79 Å². The number of hydrogen-bond donors (Lipinski definition) is 0. The van der Waals surface area contributed by atoms with Gasteiger partial charge in [0.25, 0.3) is 0 Å². The van der Waals surface area contributed by atoms with Gasteiger partial charge in [0, 0.05) is 0 Å². The Hall–Kier alpha value is -1.57. The van der Waals surface area contributed by atoms with Crippen molar-refractivity contribution in [1.29, 1.82) is 0 Å². The van der Waals surface area contributed by atoms with Crippen LogP contribution in [0.2, 0.25) is 0 Å². The number of carbonyl (C=O) groups is 1. The maximum absolute atomic E-state index is 12.6. The molecule has 30 heavy (non-hydrogen) atoms. The van der Waals surface area contributed by atoms with E-state index in [4.69, 9.17) is 4.74 Å². The second kappa shape index (κ2) is 12.3.